The van der Waals surface area contributed by atoms with Crippen LogP contribution >= 0.6 is 11.6 Å². The Labute approximate surface area is 115 Å². The predicted molar refractivity (Wildman–Crippen MR) is 75.1 cm³/mol. The molecule has 3 aromatic rings. The maximum absolute atomic E-state index is 6.33. The number of aryl methyl sites for hydroxylation is 3. The van der Waals surface area contributed by atoms with Gasteiger partial charge in [0.15, 0.2) is 0 Å². The first kappa shape index (κ1) is 12.0. The van der Waals surface area contributed by atoms with Gasteiger partial charge in [-0.3, -0.25) is 0 Å². The van der Waals surface area contributed by atoms with Gasteiger partial charge < -0.3 is 14.8 Å². The summed E-state index contributed by atoms with van der Waals surface area (Å²) in [7, 11) is 1.84. The van der Waals surface area contributed by atoms with Crippen LogP contribution in [-0.4, -0.2) is 14.7 Å². The minimum atomic E-state index is 0.438. The van der Waals surface area contributed by atoms with Crippen LogP contribution in [0.4, 0.5) is 5.95 Å². The van der Waals surface area contributed by atoms with Crippen molar-refractivity contribution in [2.24, 2.45) is 7.05 Å². The summed E-state index contributed by atoms with van der Waals surface area (Å²) >= 11 is 6.33. The molecule has 3 rings (SSSR count). The average Bonchev–Trinajstić information content (AvgIpc) is 2.81. The molecule has 0 aliphatic heterocycles. The summed E-state index contributed by atoms with van der Waals surface area (Å²) in [6.45, 7) is 3.77. The largest absolute Gasteiger partial charge is 0.369 e. The van der Waals surface area contributed by atoms with E-state index in [0.29, 0.717) is 11.0 Å². The van der Waals surface area contributed by atoms with E-state index >= 15 is 0 Å². The molecule has 0 unspecified atom stereocenters. The molecule has 2 aromatic heterocycles. The van der Waals surface area contributed by atoms with Gasteiger partial charge in [-0.05, 0) is 31.5 Å². The number of imidazole rings is 1. The first-order chi connectivity index (χ1) is 8.99. The molecule has 0 radical (unpaired) electrons. The van der Waals surface area contributed by atoms with Gasteiger partial charge in [-0.1, -0.05) is 16.8 Å². The first-order valence-electron chi connectivity index (χ1n) is 5.83. The SMILES string of the molecule is Cc1noc(C)c1-c1cc(Cl)c2c(c1)nc(N)n2C. The molecular formula is C13H13ClN4O. The predicted octanol–water partition coefficient (Wildman–Crippen LogP) is 3.08. The van der Waals surface area contributed by atoms with Crippen molar-refractivity contribution in [3.63, 3.8) is 0 Å². The van der Waals surface area contributed by atoms with Crippen LogP contribution in [-0.2, 0) is 7.05 Å². The Morgan fingerprint density at radius 1 is 1.32 bits per heavy atom. The number of anilines is 1. The molecule has 0 spiro atoms. The molecule has 19 heavy (non-hydrogen) atoms. The number of aromatic nitrogens is 3. The van der Waals surface area contributed by atoms with E-state index in [0.717, 1.165) is 33.6 Å². The monoisotopic (exact) mass is 276 g/mol. The molecule has 0 atom stereocenters. The summed E-state index contributed by atoms with van der Waals surface area (Å²) in [4.78, 5) is 4.31. The zero-order chi connectivity index (χ0) is 13.7. The average molecular weight is 277 g/mol. The van der Waals surface area contributed by atoms with Crippen molar-refractivity contribution in [2.45, 2.75) is 13.8 Å². The van der Waals surface area contributed by atoms with Gasteiger partial charge >= 0.3 is 0 Å². The molecule has 98 valence electrons. The molecule has 0 saturated carbocycles. The molecule has 5 nitrogen and oxygen atoms in total. The number of benzene rings is 1. The highest BCUT2D eigenvalue weighted by atomic mass is 35.5. The highest BCUT2D eigenvalue weighted by Crippen LogP contribution is 2.34. The lowest BCUT2D eigenvalue weighted by Crippen LogP contribution is -1.96. The van der Waals surface area contributed by atoms with Gasteiger partial charge in [-0.2, -0.15) is 0 Å². The third kappa shape index (κ3) is 1.69. The smallest absolute Gasteiger partial charge is 0.200 e. The van der Waals surface area contributed by atoms with Crippen LogP contribution in [0.1, 0.15) is 11.5 Å². The van der Waals surface area contributed by atoms with Gasteiger partial charge in [-0.15, -0.1) is 0 Å². The second-order valence-corrected chi connectivity index (χ2v) is 4.96. The maximum Gasteiger partial charge on any atom is 0.200 e. The van der Waals surface area contributed by atoms with E-state index < -0.39 is 0 Å². The van der Waals surface area contributed by atoms with Crippen molar-refractivity contribution in [3.05, 3.63) is 28.6 Å². The lowest BCUT2D eigenvalue weighted by atomic mass is 10.0. The van der Waals surface area contributed by atoms with E-state index in [1.54, 1.807) is 4.57 Å². The number of nitrogens with zero attached hydrogens (tertiary/aromatic N) is 3. The van der Waals surface area contributed by atoms with E-state index in [2.05, 4.69) is 10.1 Å². The third-order valence-corrected chi connectivity index (χ3v) is 3.57. The molecule has 0 bridgehead atoms. The minimum absolute atomic E-state index is 0.438. The number of nitrogen functional groups attached to an aromatic ring is 1. The first-order valence-corrected chi connectivity index (χ1v) is 6.21. The topological polar surface area (TPSA) is 69.9 Å². The van der Waals surface area contributed by atoms with Crippen LogP contribution < -0.4 is 5.73 Å². The van der Waals surface area contributed by atoms with E-state index in [1.165, 1.54) is 0 Å². The molecule has 1 aromatic carbocycles. The van der Waals surface area contributed by atoms with Crippen molar-refractivity contribution >= 4 is 28.6 Å². The Bertz CT molecular complexity index is 768. The Morgan fingerprint density at radius 3 is 2.68 bits per heavy atom. The summed E-state index contributed by atoms with van der Waals surface area (Å²) in [5.74, 6) is 1.20. The molecule has 6 heteroatoms. The van der Waals surface area contributed by atoms with Crippen LogP contribution in [0.15, 0.2) is 16.7 Å². The van der Waals surface area contributed by atoms with Gasteiger partial charge in [0.2, 0.25) is 5.95 Å². The second kappa shape index (κ2) is 3.99. The number of fused-ring (bicyclic) bond motifs is 1. The van der Waals surface area contributed by atoms with Crippen molar-refractivity contribution in [2.75, 3.05) is 5.73 Å². The fraction of sp³-hybridized carbons (Fsp3) is 0.231. The van der Waals surface area contributed by atoms with Crippen LogP contribution in [0, 0.1) is 13.8 Å². The summed E-state index contributed by atoms with van der Waals surface area (Å²) in [5.41, 5.74) is 10.1. The number of rotatable bonds is 1. The van der Waals surface area contributed by atoms with Gasteiger partial charge in [0.25, 0.3) is 0 Å². The van der Waals surface area contributed by atoms with E-state index in [-0.39, 0.29) is 0 Å². The Hall–Kier alpha value is -2.01. The Balaban J connectivity index is 2.33. The fourth-order valence-corrected chi connectivity index (χ4v) is 2.70. The van der Waals surface area contributed by atoms with Crippen molar-refractivity contribution in [1.82, 2.24) is 14.7 Å². The summed E-state index contributed by atoms with van der Waals surface area (Å²) in [5, 5.41) is 4.57. The number of hydrogen-bond acceptors (Lipinski definition) is 4. The second-order valence-electron chi connectivity index (χ2n) is 4.55. The van der Waals surface area contributed by atoms with Crippen LogP contribution in [0.25, 0.3) is 22.2 Å². The zero-order valence-electron chi connectivity index (χ0n) is 10.9. The summed E-state index contributed by atoms with van der Waals surface area (Å²) in [6.07, 6.45) is 0. The van der Waals surface area contributed by atoms with Gasteiger partial charge in [-0.25, -0.2) is 4.98 Å². The van der Waals surface area contributed by atoms with Gasteiger partial charge in [0.05, 0.1) is 21.7 Å². The van der Waals surface area contributed by atoms with E-state index in [1.807, 2.05) is 33.0 Å². The number of hydrogen-bond donors (Lipinski definition) is 1. The third-order valence-electron chi connectivity index (χ3n) is 3.28. The molecule has 0 aliphatic carbocycles. The number of halogens is 1. The molecular weight excluding hydrogens is 264 g/mol. The molecule has 2 heterocycles. The minimum Gasteiger partial charge on any atom is -0.369 e. The van der Waals surface area contributed by atoms with E-state index in [4.69, 9.17) is 21.9 Å². The fourth-order valence-electron chi connectivity index (χ4n) is 2.35. The number of nitrogens with two attached hydrogens (primary N) is 1. The Kier molecular flexibility index (Phi) is 2.53. The van der Waals surface area contributed by atoms with Crippen molar-refractivity contribution < 1.29 is 4.52 Å². The summed E-state index contributed by atoms with van der Waals surface area (Å²) in [6, 6.07) is 3.83. The normalized spacial score (nSPS) is 11.4. The highest BCUT2D eigenvalue weighted by Gasteiger charge is 2.16. The lowest BCUT2D eigenvalue weighted by Gasteiger charge is -2.04. The van der Waals surface area contributed by atoms with E-state index in [9.17, 15) is 0 Å². The van der Waals surface area contributed by atoms with Gasteiger partial charge in [0.1, 0.15) is 5.76 Å². The highest BCUT2D eigenvalue weighted by molar-refractivity contribution is 6.35. The molecule has 0 amide bonds. The lowest BCUT2D eigenvalue weighted by molar-refractivity contribution is 0.393. The molecule has 0 aliphatic rings. The molecule has 0 fully saturated rings. The van der Waals surface area contributed by atoms with Gasteiger partial charge in [0, 0.05) is 12.6 Å². The van der Waals surface area contributed by atoms with Crippen LogP contribution in [0.2, 0.25) is 5.02 Å². The maximum atomic E-state index is 6.33. The van der Waals surface area contributed by atoms with Crippen molar-refractivity contribution in [3.8, 4) is 11.1 Å². The standard InChI is InChI=1S/C13H13ClN4O/c1-6-11(7(2)19-17-6)8-4-9(14)12-10(5-8)16-13(15)18(12)3/h4-5H,1-3H3,(H2,15,16). The van der Waals surface area contributed by atoms with Crippen LogP contribution in [0.3, 0.4) is 0 Å². The zero-order valence-corrected chi connectivity index (χ0v) is 11.6. The Morgan fingerprint density at radius 2 is 2.05 bits per heavy atom. The van der Waals surface area contributed by atoms with Crippen molar-refractivity contribution in [1.29, 1.82) is 0 Å². The summed E-state index contributed by atoms with van der Waals surface area (Å²) < 4.78 is 6.96. The van der Waals surface area contributed by atoms with Crippen LogP contribution in [0.5, 0.6) is 0 Å². The quantitative estimate of drug-likeness (QED) is 0.741. The molecule has 0 saturated heterocycles. The molecule has 2 N–H and O–H groups in total.